The van der Waals surface area contributed by atoms with Gasteiger partial charge in [-0.3, -0.25) is 0 Å². The van der Waals surface area contributed by atoms with Crippen molar-refractivity contribution in [1.29, 1.82) is 0 Å². The molecule has 0 fully saturated rings. The maximum absolute atomic E-state index is 13.8. The molecule has 2 nitrogen and oxygen atoms in total. The smallest absolute Gasteiger partial charge is 0.190 e. The number of nitrogens with one attached hydrogen (secondary N) is 1. The van der Waals surface area contributed by atoms with E-state index in [2.05, 4.69) is 5.32 Å². The summed E-state index contributed by atoms with van der Waals surface area (Å²) in [6.07, 6.45) is 0. The van der Waals surface area contributed by atoms with Crippen LogP contribution in [0.1, 0.15) is 5.56 Å². The fourth-order valence-corrected chi connectivity index (χ4v) is 2.42. The van der Waals surface area contributed by atoms with Gasteiger partial charge in [0, 0.05) is 6.54 Å². The molecule has 0 aliphatic heterocycles. The number of benzene rings is 3. The maximum atomic E-state index is 13.8. The van der Waals surface area contributed by atoms with Crippen LogP contribution < -0.4 is 5.32 Å². The van der Waals surface area contributed by atoms with Crippen LogP contribution in [0.3, 0.4) is 0 Å². The lowest BCUT2D eigenvalue weighted by atomic mass is 10.0. The first kappa shape index (κ1) is 15.9. The van der Waals surface area contributed by atoms with E-state index in [4.69, 9.17) is 0 Å². The third-order valence-corrected chi connectivity index (χ3v) is 3.62. The third kappa shape index (κ3) is 3.35. The molecule has 0 unspecified atom stereocenters. The van der Waals surface area contributed by atoms with Gasteiger partial charge in [-0.25, -0.2) is 13.2 Å². The van der Waals surface area contributed by atoms with Crippen molar-refractivity contribution in [2.45, 2.75) is 6.54 Å². The highest BCUT2D eigenvalue weighted by atomic mass is 19.1. The minimum absolute atomic E-state index is 0.153. The fourth-order valence-electron chi connectivity index (χ4n) is 2.42. The molecule has 0 aliphatic carbocycles. The molecule has 0 aromatic heterocycles. The van der Waals surface area contributed by atoms with Gasteiger partial charge in [0.25, 0.3) is 0 Å². The molecular formula is C19H14F3NO. The van der Waals surface area contributed by atoms with Gasteiger partial charge in [0.2, 0.25) is 0 Å². The first-order valence-electron chi connectivity index (χ1n) is 7.30. The molecule has 0 spiro atoms. The molecule has 0 saturated heterocycles. The second-order valence-corrected chi connectivity index (χ2v) is 5.32. The lowest BCUT2D eigenvalue weighted by Gasteiger charge is -2.11. The second-order valence-electron chi connectivity index (χ2n) is 5.32. The number of hydrogen-bond acceptors (Lipinski definition) is 2. The summed E-state index contributed by atoms with van der Waals surface area (Å²) < 4.78 is 40.8. The number of rotatable bonds is 4. The van der Waals surface area contributed by atoms with Crippen LogP contribution in [-0.4, -0.2) is 5.11 Å². The molecule has 3 aromatic carbocycles. The summed E-state index contributed by atoms with van der Waals surface area (Å²) in [4.78, 5) is 0. The van der Waals surface area contributed by atoms with Crippen molar-refractivity contribution < 1.29 is 18.3 Å². The van der Waals surface area contributed by atoms with Crippen molar-refractivity contribution in [3.8, 4) is 16.9 Å². The number of halogens is 3. The van der Waals surface area contributed by atoms with Crippen molar-refractivity contribution >= 4 is 5.69 Å². The molecule has 122 valence electrons. The van der Waals surface area contributed by atoms with Gasteiger partial charge in [-0.15, -0.1) is 0 Å². The predicted molar refractivity (Wildman–Crippen MR) is 87.2 cm³/mol. The summed E-state index contributed by atoms with van der Waals surface area (Å²) in [6.45, 7) is 0.153. The summed E-state index contributed by atoms with van der Waals surface area (Å²) in [5.41, 5.74) is 1.89. The highest BCUT2D eigenvalue weighted by Crippen LogP contribution is 2.27. The summed E-state index contributed by atoms with van der Waals surface area (Å²) in [5, 5.41) is 12.0. The summed E-state index contributed by atoms with van der Waals surface area (Å²) in [5.74, 6) is -2.77. The molecular weight excluding hydrogens is 315 g/mol. The number of phenols is 1. The van der Waals surface area contributed by atoms with Crippen LogP contribution in [0.4, 0.5) is 18.9 Å². The second kappa shape index (κ2) is 6.66. The third-order valence-electron chi connectivity index (χ3n) is 3.62. The van der Waals surface area contributed by atoms with Crippen molar-refractivity contribution in [3.05, 3.63) is 83.7 Å². The van der Waals surface area contributed by atoms with E-state index in [-0.39, 0.29) is 18.0 Å². The fraction of sp³-hybridized carbons (Fsp3) is 0.0526. The normalized spacial score (nSPS) is 10.6. The van der Waals surface area contributed by atoms with E-state index < -0.39 is 17.4 Å². The van der Waals surface area contributed by atoms with Crippen LogP contribution in [0.15, 0.2) is 60.7 Å². The predicted octanol–water partition coefficient (Wildman–Crippen LogP) is 5.09. The Labute approximate surface area is 137 Å². The van der Waals surface area contributed by atoms with E-state index in [1.807, 2.05) is 6.07 Å². The van der Waals surface area contributed by atoms with Crippen molar-refractivity contribution in [2.24, 2.45) is 0 Å². The lowest BCUT2D eigenvalue weighted by molar-refractivity contribution is 0.429. The van der Waals surface area contributed by atoms with Crippen LogP contribution in [0, 0.1) is 17.5 Å². The zero-order chi connectivity index (χ0) is 17.1. The molecule has 24 heavy (non-hydrogen) atoms. The standard InChI is InChI=1S/C19H14F3NO/c20-15-6-2-5-14(10-15)13-4-1-3-12(9-13)11-23-19-16(21)7-8-17(24)18(19)22/h1-10,23-24H,11H2. The van der Waals surface area contributed by atoms with E-state index in [9.17, 15) is 18.3 Å². The largest absolute Gasteiger partial charge is 0.505 e. The Morgan fingerprint density at radius 1 is 0.833 bits per heavy atom. The lowest BCUT2D eigenvalue weighted by Crippen LogP contribution is -2.04. The maximum Gasteiger partial charge on any atom is 0.190 e. The number of aromatic hydroxyl groups is 1. The van der Waals surface area contributed by atoms with Crippen LogP contribution in [0.5, 0.6) is 5.75 Å². The van der Waals surface area contributed by atoms with Gasteiger partial charge in [-0.2, -0.15) is 0 Å². The molecule has 0 bridgehead atoms. The van der Waals surface area contributed by atoms with Crippen LogP contribution in [-0.2, 0) is 6.54 Å². The Hall–Kier alpha value is -2.95. The zero-order valence-electron chi connectivity index (χ0n) is 12.6. The molecule has 0 saturated carbocycles. The molecule has 0 aliphatic rings. The Morgan fingerprint density at radius 2 is 1.54 bits per heavy atom. The quantitative estimate of drug-likeness (QED) is 0.699. The molecule has 5 heteroatoms. The summed E-state index contributed by atoms with van der Waals surface area (Å²) in [6, 6.07) is 15.3. The van der Waals surface area contributed by atoms with E-state index in [0.717, 1.165) is 23.3 Å². The van der Waals surface area contributed by atoms with Crippen LogP contribution in [0.25, 0.3) is 11.1 Å². The van der Waals surface area contributed by atoms with Gasteiger partial charge < -0.3 is 10.4 Å². The van der Waals surface area contributed by atoms with Crippen molar-refractivity contribution in [3.63, 3.8) is 0 Å². The van der Waals surface area contributed by atoms with Gasteiger partial charge in [0.05, 0.1) is 0 Å². The monoisotopic (exact) mass is 329 g/mol. The van der Waals surface area contributed by atoms with Gasteiger partial charge in [-0.1, -0.05) is 30.3 Å². The highest BCUT2D eigenvalue weighted by Gasteiger charge is 2.12. The van der Waals surface area contributed by atoms with Crippen LogP contribution >= 0.6 is 0 Å². The van der Waals surface area contributed by atoms with Gasteiger partial charge in [0.15, 0.2) is 11.6 Å². The Bertz CT molecular complexity index is 880. The molecule has 0 radical (unpaired) electrons. The van der Waals surface area contributed by atoms with E-state index >= 15 is 0 Å². The average Bonchev–Trinajstić information content (AvgIpc) is 2.59. The molecule has 3 aromatic rings. The zero-order valence-corrected chi connectivity index (χ0v) is 12.6. The van der Waals surface area contributed by atoms with Gasteiger partial charge in [0.1, 0.15) is 17.3 Å². The van der Waals surface area contributed by atoms with E-state index in [1.54, 1.807) is 30.3 Å². The van der Waals surface area contributed by atoms with Crippen LogP contribution in [0.2, 0.25) is 0 Å². The SMILES string of the molecule is Oc1ccc(F)c(NCc2cccc(-c3cccc(F)c3)c2)c1F. The number of phenolic OH excluding ortho intramolecular Hbond substituents is 1. The number of anilines is 1. The van der Waals surface area contributed by atoms with Crippen molar-refractivity contribution in [2.75, 3.05) is 5.32 Å². The molecule has 0 amide bonds. The molecule has 3 rings (SSSR count). The van der Waals surface area contributed by atoms with E-state index in [0.29, 0.717) is 5.56 Å². The summed E-state index contributed by atoms with van der Waals surface area (Å²) in [7, 11) is 0. The molecule has 0 heterocycles. The van der Waals surface area contributed by atoms with E-state index in [1.165, 1.54) is 12.1 Å². The molecule has 2 N–H and O–H groups in total. The van der Waals surface area contributed by atoms with Gasteiger partial charge in [-0.05, 0) is 47.0 Å². The minimum atomic E-state index is -1.03. The number of hydrogen-bond donors (Lipinski definition) is 2. The highest BCUT2D eigenvalue weighted by molar-refractivity contribution is 5.64. The Morgan fingerprint density at radius 3 is 2.29 bits per heavy atom. The first-order valence-corrected chi connectivity index (χ1v) is 7.30. The molecule has 0 atom stereocenters. The topological polar surface area (TPSA) is 32.3 Å². The Balaban J connectivity index is 1.82. The van der Waals surface area contributed by atoms with Gasteiger partial charge >= 0.3 is 0 Å². The average molecular weight is 329 g/mol. The first-order chi connectivity index (χ1) is 11.5. The Kier molecular flexibility index (Phi) is 4.42. The minimum Gasteiger partial charge on any atom is -0.505 e. The van der Waals surface area contributed by atoms with Crippen molar-refractivity contribution in [1.82, 2.24) is 0 Å². The summed E-state index contributed by atoms with van der Waals surface area (Å²) >= 11 is 0.